The average molecular weight is 1330 g/mol. The molecule has 5 aliphatic rings. The van der Waals surface area contributed by atoms with E-state index in [1.807, 2.05) is 0 Å². The fourth-order valence-corrected chi connectivity index (χ4v) is 14.2. The number of thiol groups is 2. The maximum atomic E-state index is 15.3. The number of nitrogens with one attached hydrogen (secondary N) is 7. The van der Waals surface area contributed by atoms with Gasteiger partial charge >= 0.3 is 6.03 Å². The molecule has 90 heavy (non-hydrogen) atoms. The van der Waals surface area contributed by atoms with E-state index >= 15 is 4.57 Å². The lowest BCUT2D eigenvalue weighted by atomic mass is 10.0. The molecule has 3 saturated heterocycles. The molecule has 0 saturated carbocycles. The van der Waals surface area contributed by atoms with Crippen molar-refractivity contribution >= 4 is 95.6 Å². The Hall–Kier alpha value is -7.22. The summed E-state index contributed by atoms with van der Waals surface area (Å²) in [5, 5.41) is 18.6. The number of alkyl halides is 2. The highest BCUT2D eigenvalue weighted by molar-refractivity contribution is 7.81. The molecule has 5 heterocycles. The Morgan fingerprint density at radius 2 is 1.40 bits per heavy atom. The van der Waals surface area contributed by atoms with Crippen LogP contribution >= 0.6 is 19.9 Å². The number of hydrogen-bond donors (Lipinski definition) is 10. The number of carbonyl (C=O) groups is 9. The summed E-state index contributed by atoms with van der Waals surface area (Å²) in [7, 11) is -2.61. The minimum absolute atomic E-state index is 0.0101. The van der Waals surface area contributed by atoms with Gasteiger partial charge in [0.15, 0.2) is 36.5 Å². The summed E-state index contributed by atoms with van der Waals surface area (Å²) in [6.07, 6.45) is -3.61. The van der Waals surface area contributed by atoms with Crippen molar-refractivity contribution in [2.24, 2.45) is 11.7 Å². The number of benzene rings is 2. The van der Waals surface area contributed by atoms with E-state index in [-0.39, 0.29) is 187 Å². The zero-order valence-corrected chi connectivity index (χ0v) is 53.4. The topological polar surface area (TPSA) is 374 Å². The van der Waals surface area contributed by atoms with Gasteiger partial charge in [-0.2, -0.15) is 12.6 Å². The molecule has 2 aromatic rings. The van der Waals surface area contributed by atoms with E-state index in [9.17, 15) is 60.3 Å². The monoisotopic (exact) mass is 1330 g/mol. The molecular weight excluding hydrogens is 1250 g/mol. The van der Waals surface area contributed by atoms with Crippen LogP contribution in [0.1, 0.15) is 92.4 Å². The standard InChI is InChI=1S/C56H81F2N12O17PS2/c1-31(2)49(66-47(72)11-8-16-68-48(73)27-45(89)55(68)78)51(75)64-37(9-6-12-62-56(59)79)50(74)61-14-13-60-46(71)10-7-15-67(3)88(80,19-17-85-43-25-38-35(23-41(43)83-4)53(76)69-29-32(57)21-34(69)28-63-38)20-18-86-44-26-39-36(24-42(44)84-5)54(77)70-30-33(58)22-40(70)52(65-39)87-90(81)82/h23-26,31-34,37,40,45,49,52,63,65,89-90H,6-22,27-30H2,1-5H3,(H,60,71)(H,61,74)(H,64,75)(H,66,72)(H3,59,62,79)/t32-,33-,34+,37-,40+,45?,49-,52?,88?/m1/s1. The van der Waals surface area contributed by atoms with Crippen molar-refractivity contribution in [3.8, 4) is 23.0 Å². The van der Waals surface area contributed by atoms with Crippen LogP contribution in [0.4, 0.5) is 25.0 Å². The minimum atomic E-state index is -3.53. The first-order valence-corrected chi connectivity index (χ1v) is 33.4. The van der Waals surface area contributed by atoms with Gasteiger partial charge in [-0.05, 0) is 50.8 Å². The Kier molecular flexibility index (Phi) is 25.1. The number of methoxy groups -OCH3 is 2. The van der Waals surface area contributed by atoms with Gasteiger partial charge < -0.3 is 76.3 Å². The first-order valence-electron chi connectivity index (χ1n) is 29.7. The number of likely N-dealkylation sites (tertiary alicyclic amines) is 1. The molecule has 3 unspecified atom stereocenters. The number of hydrogen-bond acceptors (Lipinski definition) is 20. The van der Waals surface area contributed by atoms with Gasteiger partial charge in [-0.25, -0.2) is 26.2 Å². The van der Waals surface area contributed by atoms with Crippen LogP contribution in [0, 0.1) is 5.92 Å². The molecule has 0 bridgehead atoms. The molecule has 0 aliphatic carbocycles. The van der Waals surface area contributed by atoms with Crippen LogP contribution < -0.4 is 61.9 Å². The molecule has 7 rings (SSSR count). The van der Waals surface area contributed by atoms with E-state index in [1.165, 1.54) is 42.2 Å². The largest absolute Gasteiger partial charge is 0.493 e. The van der Waals surface area contributed by atoms with E-state index in [4.69, 9.17) is 28.9 Å². The van der Waals surface area contributed by atoms with Gasteiger partial charge in [0.05, 0.1) is 80.4 Å². The molecule has 0 radical (unpaired) electrons. The van der Waals surface area contributed by atoms with Crippen LogP contribution in [0.25, 0.3) is 0 Å². The molecule has 10 amide bonds. The van der Waals surface area contributed by atoms with Gasteiger partial charge in [-0.3, -0.25) is 47.9 Å². The van der Waals surface area contributed by atoms with E-state index < -0.39 is 108 Å². The molecule has 0 aromatic heterocycles. The van der Waals surface area contributed by atoms with Gasteiger partial charge in [0, 0.05) is 95.8 Å². The maximum absolute atomic E-state index is 15.3. The zero-order chi connectivity index (χ0) is 65.6. The van der Waals surface area contributed by atoms with Gasteiger partial charge in [-0.1, -0.05) is 13.8 Å². The van der Waals surface area contributed by atoms with Crippen molar-refractivity contribution in [1.29, 1.82) is 0 Å². The Morgan fingerprint density at radius 3 is 2.02 bits per heavy atom. The zero-order valence-electron chi connectivity index (χ0n) is 50.8. The summed E-state index contributed by atoms with van der Waals surface area (Å²) in [5.41, 5.74) is 6.08. The number of fused-ring (bicyclic) bond motifs is 4. The first-order chi connectivity index (χ1) is 42.8. The Balaban J connectivity index is 0.962. The van der Waals surface area contributed by atoms with Crippen LogP contribution in [0.3, 0.4) is 0 Å². The van der Waals surface area contributed by atoms with Crippen molar-refractivity contribution in [2.75, 3.05) is 110 Å². The van der Waals surface area contributed by atoms with E-state index in [1.54, 1.807) is 31.6 Å². The Morgan fingerprint density at radius 1 is 0.789 bits per heavy atom. The fraction of sp³-hybridized carbons (Fsp3) is 0.625. The van der Waals surface area contributed by atoms with E-state index in [2.05, 4.69) is 49.8 Å². The highest BCUT2D eigenvalue weighted by Crippen LogP contribution is 2.49. The number of amides is 10. The normalized spacial score (nSPS) is 21.6. The van der Waals surface area contributed by atoms with Crippen LogP contribution in [-0.4, -0.2) is 228 Å². The third kappa shape index (κ3) is 18.3. The second-order valence-corrected chi connectivity index (χ2v) is 27.3. The SMILES string of the molecule is COc1cc2c(cc1OCCP(=O)(CCOc1cc3c(cc1OC)C(=O)N1C[C@H](F)C[C@H]1C(O[SH](=O)=O)N3)N(C)CCCC(=O)NCCNC(=O)[C@@H](CCCNC(N)=O)NC(=O)[C@H](NC(=O)CCCN1C(=O)CC(S)C1=O)C(C)C)NC[C@@H]1C[C@@H](F)CN1C2=O. The predicted octanol–water partition coefficient (Wildman–Crippen LogP) is 1.12. The van der Waals surface area contributed by atoms with Crippen molar-refractivity contribution in [1.82, 2.24) is 46.0 Å². The lowest BCUT2D eigenvalue weighted by molar-refractivity contribution is -0.139. The lowest BCUT2D eigenvalue weighted by Gasteiger charge is -2.29. The Bertz CT molecular complexity index is 3130. The first kappa shape index (κ1) is 70.2. The number of carbonyl (C=O) groups excluding carboxylic acids is 9. The number of nitrogens with zero attached hydrogens (tertiary/aromatic N) is 4. The average Bonchev–Trinajstić information content (AvgIpc) is 1.64. The third-order valence-corrected chi connectivity index (χ3v) is 20.2. The van der Waals surface area contributed by atoms with Gasteiger partial charge in [-0.15, -0.1) is 0 Å². The van der Waals surface area contributed by atoms with Crippen LogP contribution in [0.5, 0.6) is 23.0 Å². The predicted molar refractivity (Wildman–Crippen MR) is 327 cm³/mol. The minimum Gasteiger partial charge on any atom is -0.493 e. The number of ether oxygens (including phenoxy) is 4. The highest BCUT2D eigenvalue weighted by Gasteiger charge is 2.46. The number of anilines is 2. The second kappa shape index (κ2) is 32.2. The molecule has 5 aliphatic heterocycles. The summed E-state index contributed by atoms with van der Waals surface area (Å²) in [4.78, 5) is 120. The molecule has 498 valence electrons. The highest BCUT2D eigenvalue weighted by atomic mass is 32.2. The van der Waals surface area contributed by atoms with E-state index in [0.717, 1.165) is 4.90 Å². The molecule has 3 fully saturated rings. The summed E-state index contributed by atoms with van der Waals surface area (Å²) in [6, 6.07) is 1.57. The summed E-state index contributed by atoms with van der Waals surface area (Å²) < 4.78 is 98.2. The summed E-state index contributed by atoms with van der Waals surface area (Å²) in [5.74, 6) is -3.81. The summed E-state index contributed by atoms with van der Waals surface area (Å²) in [6.45, 7) is 3.16. The number of nitrogens with two attached hydrogens (primary N) is 1. The van der Waals surface area contributed by atoms with Gasteiger partial charge in [0.2, 0.25) is 35.4 Å². The number of rotatable bonds is 33. The van der Waals surface area contributed by atoms with Gasteiger partial charge in [0.1, 0.15) is 24.4 Å². The molecule has 29 nitrogen and oxygen atoms in total. The second-order valence-electron chi connectivity index (χ2n) is 22.8. The molecule has 34 heteroatoms. The molecule has 2 aromatic carbocycles. The van der Waals surface area contributed by atoms with Crippen LogP contribution in [-0.2, 0) is 48.5 Å². The summed E-state index contributed by atoms with van der Waals surface area (Å²) >= 11 is 4.11. The fourth-order valence-electron chi connectivity index (χ4n) is 11.3. The Labute approximate surface area is 526 Å². The van der Waals surface area contributed by atoms with Crippen LogP contribution in [0.15, 0.2) is 24.3 Å². The van der Waals surface area contributed by atoms with Crippen molar-refractivity contribution < 1.29 is 88.0 Å². The van der Waals surface area contributed by atoms with E-state index in [0.29, 0.717) is 12.2 Å². The molecule has 9 atom stereocenters. The molecule has 0 spiro atoms. The maximum Gasteiger partial charge on any atom is 0.312 e. The lowest BCUT2D eigenvalue weighted by Crippen LogP contribution is -2.55. The molecular formula is C56H81F2N12O17PS2. The third-order valence-electron chi connectivity index (χ3n) is 16.1. The van der Waals surface area contributed by atoms with Crippen molar-refractivity contribution in [3.05, 3.63) is 35.4 Å². The number of imide groups is 1. The number of primary amides is 1. The smallest absolute Gasteiger partial charge is 0.312 e. The van der Waals surface area contributed by atoms with Crippen molar-refractivity contribution in [3.63, 3.8) is 0 Å². The van der Waals surface area contributed by atoms with Gasteiger partial charge in [0.25, 0.3) is 22.8 Å². The number of urea groups is 1. The quantitative estimate of drug-likeness (QED) is 0.0207. The van der Waals surface area contributed by atoms with Crippen LogP contribution in [0.2, 0.25) is 0 Å². The number of halogens is 2. The molecule has 9 N–H and O–H groups in total. The van der Waals surface area contributed by atoms with Crippen molar-refractivity contribution in [2.45, 2.75) is 120 Å².